The Morgan fingerprint density at radius 1 is 1.48 bits per heavy atom. The Morgan fingerprint density at radius 2 is 2.29 bits per heavy atom. The van der Waals surface area contributed by atoms with Gasteiger partial charge >= 0.3 is 0 Å². The molecular weight excluding hydrogens is 336 g/mol. The molecule has 3 aromatic heterocycles. The fourth-order valence-electron chi connectivity index (χ4n) is 2.08. The molecule has 3 aromatic rings. The molecule has 3 heterocycles. The van der Waals surface area contributed by atoms with E-state index in [9.17, 15) is 4.79 Å². The summed E-state index contributed by atoms with van der Waals surface area (Å²) in [7, 11) is 3.58. The lowest BCUT2D eigenvalue weighted by Crippen LogP contribution is -2.26. The van der Waals surface area contributed by atoms with E-state index in [4.69, 9.17) is 0 Å². The first-order chi connectivity index (χ1) is 10.1. The molecule has 3 rings (SSSR count). The second-order valence-electron chi connectivity index (χ2n) is 4.73. The summed E-state index contributed by atoms with van der Waals surface area (Å²) in [5, 5.41) is 8.37. The second kappa shape index (κ2) is 5.28. The van der Waals surface area contributed by atoms with Crippen LogP contribution < -0.4 is 0 Å². The van der Waals surface area contributed by atoms with E-state index < -0.39 is 0 Å². The molecule has 0 fully saturated rings. The van der Waals surface area contributed by atoms with E-state index >= 15 is 0 Å². The smallest absolute Gasteiger partial charge is 0.275 e. The van der Waals surface area contributed by atoms with Crippen LogP contribution in [0, 0.1) is 0 Å². The highest BCUT2D eigenvalue weighted by molar-refractivity contribution is 9.10. The highest BCUT2D eigenvalue weighted by Crippen LogP contribution is 2.22. The molecule has 0 aliphatic heterocycles. The van der Waals surface area contributed by atoms with Crippen LogP contribution in [0.1, 0.15) is 16.1 Å². The molecule has 0 radical (unpaired) electrons. The monoisotopic (exact) mass is 348 g/mol. The summed E-state index contributed by atoms with van der Waals surface area (Å²) >= 11 is 3.40. The maximum absolute atomic E-state index is 12.5. The van der Waals surface area contributed by atoms with Crippen molar-refractivity contribution in [1.29, 1.82) is 0 Å². The van der Waals surface area contributed by atoms with Crippen molar-refractivity contribution in [1.82, 2.24) is 29.3 Å². The number of hydrogen-bond acceptors (Lipinski definition) is 4. The summed E-state index contributed by atoms with van der Waals surface area (Å²) in [6.45, 7) is 0.473. The van der Waals surface area contributed by atoms with Gasteiger partial charge in [0, 0.05) is 44.8 Å². The van der Waals surface area contributed by atoms with Gasteiger partial charge in [0.05, 0.1) is 10.7 Å². The standard InChI is InChI=1S/C13H13BrN6O/c1-18(7-9-6-16-19(2)8-9)13(21)11-10(14)12-15-4-3-5-20(12)17-11/h3-6,8H,7H2,1-2H3. The van der Waals surface area contributed by atoms with Crippen LogP contribution in [0.15, 0.2) is 35.3 Å². The van der Waals surface area contributed by atoms with Gasteiger partial charge in [0.15, 0.2) is 11.3 Å². The largest absolute Gasteiger partial charge is 0.336 e. The Kier molecular flexibility index (Phi) is 3.46. The van der Waals surface area contributed by atoms with Gasteiger partial charge in [-0.05, 0) is 22.0 Å². The molecule has 0 bridgehead atoms. The Bertz CT molecular complexity index is 808. The zero-order valence-electron chi connectivity index (χ0n) is 11.6. The topological polar surface area (TPSA) is 68.3 Å². The van der Waals surface area contributed by atoms with Crippen LogP contribution in [-0.4, -0.2) is 42.2 Å². The quantitative estimate of drug-likeness (QED) is 0.719. The molecule has 0 unspecified atom stereocenters. The molecule has 0 atom stereocenters. The van der Waals surface area contributed by atoms with Crippen molar-refractivity contribution in [2.24, 2.45) is 7.05 Å². The third kappa shape index (κ3) is 2.54. The SMILES string of the molecule is CN(Cc1cnn(C)c1)C(=O)c1nn2cccnc2c1Br. The molecule has 108 valence electrons. The third-order valence-corrected chi connectivity index (χ3v) is 3.80. The number of fused-ring (bicyclic) bond motifs is 1. The number of nitrogens with zero attached hydrogens (tertiary/aromatic N) is 6. The summed E-state index contributed by atoms with van der Waals surface area (Å²) < 4.78 is 3.89. The number of carbonyl (C=O) groups excluding carboxylic acids is 1. The summed E-state index contributed by atoms with van der Waals surface area (Å²) in [4.78, 5) is 18.3. The summed E-state index contributed by atoms with van der Waals surface area (Å²) in [6, 6.07) is 1.76. The van der Waals surface area contributed by atoms with Crippen molar-refractivity contribution < 1.29 is 4.79 Å². The number of halogens is 1. The van der Waals surface area contributed by atoms with Gasteiger partial charge in [-0.15, -0.1) is 0 Å². The number of rotatable bonds is 3. The van der Waals surface area contributed by atoms with Crippen molar-refractivity contribution >= 4 is 27.5 Å². The van der Waals surface area contributed by atoms with Gasteiger partial charge < -0.3 is 4.90 Å². The van der Waals surface area contributed by atoms with E-state index in [1.54, 1.807) is 45.8 Å². The molecule has 8 heteroatoms. The maximum Gasteiger partial charge on any atom is 0.275 e. The highest BCUT2D eigenvalue weighted by atomic mass is 79.9. The first-order valence-corrected chi connectivity index (χ1v) is 7.07. The van der Waals surface area contributed by atoms with Crippen LogP contribution in [0.5, 0.6) is 0 Å². The first-order valence-electron chi connectivity index (χ1n) is 6.28. The van der Waals surface area contributed by atoms with Gasteiger partial charge in [-0.1, -0.05) is 0 Å². The molecule has 0 saturated carbocycles. The van der Waals surface area contributed by atoms with Gasteiger partial charge in [0.1, 0.15) is 0 Å². The first kappa shape index (κ1) is 13.7. The van der Waals surface area contributed by atoms with Crippen LogP contribution in [0.25, 0.3) is 5.65 Å². The number of carbonyl (C=O) groups is 1. The zero-order chi connectivity index (χ0) is 15.0. The van der Waals surface area contributed by atoms with Gasteiger partial charge in [-0.3, -0.25) is 9.48 Å². The predicted octanol–water partition coefficient (Wildman–Crippen LogP) is 1.50. The number of aryl methyl sites for hydroxylation is 1. The molecular formula is C13H13BrN6O. The summed E-state index contributed by atoms with van der Waals surface area (Å²) in [6.07, 6.45) is 7.04. The van der Waals surface area contributed by atoms with Gasteiger partial charge in [0.25, 0.3) is 5.91 Å². The van der Waals surface area contributed by atoms with Crippen molar-refractivity contribution in [3.8, 4) is 0 Å². The minimum atomic E-state index is -0.170. The number of aromatic nitrogens is 5. The van der Waals surface area contributed by atoms with E-state index in [0.29, 0.717) is 22.4 Å². The Labute approximate surface area is 129 Å². The van der Waals surface area contributed by atoms with Crippen molar-refractivity contribution in [2.45, 2.75) is 6.54 Å². The third-order valence-electron chi connectivity index (χ3n) is 3.07. The zero-order valence-corrected chi connectivity index (χ0v) is 13.1. The lowest BCUT2D eigenvalue weighted by atomic mass is 10.3. The van der Waals surface area contributed by atoms with E-state index in [1.807, 2.05) is 13.2 Å². The second-order valence-corrected chi connectivity index (χ2v) is 5.53. The summed E-state index contributed by atoms with van der Waals surface area (Å²) in [5.74, 6) is -0.170. The predicted molar refractivity (Wildman–Crippen MR) is 79.7 cm³/mol. The van der Waals surface area contributed by atoms with Crippen LogP contribution in [0.4, 0.5) is 0 Å². The Balaban J connectivity index is 1.87. The molecule has 0 saturated heterocycles. The van der Waals surface area contributed by atoms with E-state index in [-0.39, 0.29) is 5.91 Å². The number of amides is 1. The average Bonchev–Trinajstić information content (AvgIpc) is 3.03. The van der Waals surface area contributed by atoms with Crippen LogP contribution in [-0.2, 0) is 13.6 Å². The maximum atomic E-state index is 12.5. The summed E-state index contributed by atoms with van der Waals surface area (Å²) in [5.41, 5.74) is 1.93. The van der Waals surface area contributed by atoms with E-state index in [2.05, 4.69) is 31.1 Å². The van der Waals surface area contributed by atoms with Gasteiger partial charge in [-0.2, -0.15) is 10.2 Å². The lowest BCUT2D eigenvalue weighted by Gasteiger charge is -2.14. The van der Waals surface area contributed by atoms with Crippen LogP contribution in [0.2, 0.25) is 0 Å². The minimum absolute atomic E-state index is 0.170. The van der Waals surface area contributed by atoms with Gasteiger partial charge in [0.2, 0.25) is 0 Å². The fraction of sp³-hybridized carbons (Fsp3) is 0.231. The molecule has 0 spiro atoms. The molecule has 1 amide bonds. The van der Waals surface area contributed by atoms with Crippen LogP contribution >= 0.6 is 15.9 Å². The number of hydrogen-bond donors (Lipinski definition) is 0. The molecule has 21 heavy (non-hydrogen) atoms. The van der Waals surface area contributed by atoms with Crippen LogP contribution in [0.3, 0.4) is 0 Å². The minimum Gasteiger partial charge on any atom is -0.336 e. The molecule has 0 aliphatic rings. The molecule has 0 N–H and O–H groups in total. The normalized spacial score (nSPS) is 11.0. The van der Waals surface area contributed by atoms with Crippen molar-refractivity contribution in [2.75, 3.05) is 7.05 Å². The van der Waals surface area contributed by atoms with E-state index in [0.717, 1.165) is 5.56 Å². The fourth-order valence-corrected chi connectivity index (χ4v) is 2.61. The highest BCUT2D eigenvalue weighted by Gasteiger charge is 2.21. The van der Waals surface area contributed by atoms with Crippen molar-refractivity contribution in [3.05, 3.63) is 46.6 Å². The molecule has 0 aromatic carbocycles. The van der Waals surface area contributed by atoms with E-state index in [1.165, 1.54) is 0 Å². The lowest BCUT2D eigenvalue weighted by molar-refractivity contribution is 0.0778. The Morgan fingerprint density at radius 3 is 2.95 bits per heavy atom. The Hall–Kier alpha value is -2.22. The van der Waals surface area contributed by atoms with Gasteiger partial charge in [-0.25, -0.2) is 9.50 Å². The molecule has 0 aliphatic carbocycles. The average molecular weight is 349 g/mol. The van der Waals surface area contributed by atoms with Crippen molar-refractivity contribution in [3.63, 3.8) is 0 Å². The molecule has 7 nitrogen and oxygen atoms in total.